The van der Waals surface area contributed by atoms with E-state index in [0.717, 1.165) is 17.0 Å². The van der Waals surface area contributed by atoms with Crippen molar-refractivity contribution in [1.29, 1.82) is 0 Å². The first kappa shape index (κ1) is 25.4. The van der Waals surface area contributed by atoms with Gasteiger partial charge in [-0.15, -0.1) is 11.8 Å². The minimum Gasteiger partial charge on any atom is -0.493 e. The Hall–Kier alpha value is -3.89. The number of aromatic amines is 2. The molecule has 6 rings (SSSR count). The average Bonchev–Trinajstić information content (AvgIpc) is 3.64. The van der Waals surface area contributed by atoms with Gasteiger partial charge in [0.05, 0.1) is 22.6 Å². The number of hydrogen-bond acceptors (Lipinski definition) is 5. The number of fused-ring (bicyclic) bond motifs is 2. The van der Waals surface area contributed by atoms with Gasteiger partial charge in [0.2, 0.25) is 5.82 Å². The quantitative estimate of drug-likeness (QED) is 0.198. The second kappa shape index (κ2) is 9.69. The van der Waals surface area contributed by atoms with Crippen LogP contribution in [0.5, 0.6) is 17.2 Å². The van der Waals surface area contributed by atoms with Crippen LogP contribution in [0.2, 0.25) is 0 Å². The van der Waals surface area contributed by atoms with Crippen molar-refractivity contribution < 1.29 is 22.6 Å². The van der Waals surface area contributed by atoms with Gasteiger partial charge in [0.15, 0.2) is 11.6 Å². The predicted octanol–water partition coefficient (Wildman–Crippen LogP) is 7.04. The molecule has 0 fully saturated rings. The normalized spacial score (nSPS) is 16.8. The highest BCUT2D eigenvalue weighted by molar-refractivity contribution is 7.99. The second-order valence-electron chi connectivity index (χ2n) is 9.57. The Balaban J connectivity index is 1.43. The van der Waals surface area contributed by atoms with Crippen LogP contribution in [0.25, 0.3) is 22.3 Å². The summed E-state index contributed by atoms with van der Waals surface area (Å²) in [7, 11) is 0. The number of H-pyrrole nitrogens is 2. The summed E-state index contributed by atoms with van der Waals surface area (Å²) >= 11 is 1.22. The van der Waals surface area contributed by atoms with Crippen LogP contribution in [0.15, 0.2) is 59.8 Å². The summed E-state index contributed by atoms with van der Waals surface area (Å²) in [5, 5.41) is 0.480. The van der Waals surface area contributed by atoms with Crippen LogP contribution in [-0.4, -0.2) is 27.8 Å². The van der Waals surface area contributed by atoms with E-state index in [-0.39, 0.29) is 34.9 Å². The molecule has 0 radical (unpaired) electrons. The van der Waals surface area contributed by atoms with Crippen LogP contribution >= 0.6 is 11.8 Å². The first-order chi connectivity index (χ1) is 18.9. The minimum atomic E-state index is -1.14. The average molecular weight is 551 g/mol. The number of aromatic nitrogens is 3. The van der Waals surface area contributed by atoms with Gasteiger partial charge in [-0.25, -0.2) is 13.8 Å². The van der Waals surface area contributed by atoms with Gasteiger partial charge in [0.25, 0.3) is 0 Å². The molecule has 1 unspecified atom stereocenters. The Labute approximate surface area is 226 Å². The van der Waals surface area contributed by atoms with Gasteiger partial charge < -0.3 is 25.2 Å². The van der Waals surface area contributed by atoms with E-state index < -0.39 is 22.9 Å². The molecule has 1 aliphatic heterocycles. The molecule has 1 atom stereocenters. The lowest BCUT2D eigenvalue weighted by atomic mass is 9.75. The summed E-state index contributed by atoms with van der Waals surface area (Å²) in [5.41, 5.74) is 7.73. The fourth-order valence-electron chi connectivity index (χ4n) is 5.17. The van der Waals surface area contributed by atoms with Crippen LogP contribution in [0.4, 0.5) is 13.2 Å². The fraction of sp³-hybridized carbons (Fsp3) is 0.207. The Bertz CT molecular complexity index is 1720. The van der Waals surface area contributed by atoms with Gasteiger partial charge >= 0.3 is 0 Å². The van der Waals surface area contributed by atoms with E-state index in [1.54, 1.807) is 18.5 Å². The highest BCUT2D eigenvalue weighted by Crippen LogP contribution is 2.45. The Morgan fingerprint density at radius 2 is 1.97 bits per heavy atom. The van der Waals surface area contributed by atoms with Gasteiger partial charge in [-0.05, 0) is 43.9 Å². The first-order valence-corrected chi connectivity index (χ1v) is 13.6. The Morgan fingerprint density at radius 3 is 2.77 bits per heavy atom. The molecule has 4 N–H and O–H groups in total. The summed E-state index contributed by atoms with van der Waals surface area (Å²) in [6, 6.07) is 12.1. The van der Waals surface area contributed by atoms with Crippen molar-refractivity contribution in [1.82, 2.24) is 15.0 Å². The molecule has 0 bridgehead atoms. The largest absolute Gasteiger partial charge is 0.493 e. The zero-order valence-corrected chi connectivity index (χ0v) is 22.0. The lowest BCUT2D eigenvalue weighted by Gasteiger charge is -2.34. The van der Waals surface area contributed by atoms with Crippen LogP contribution in [0.3, 0.4) is 0 Å². The zero-order valence-electron chi connectivity index (χ0n) is 21.2. The SMILES string of the molecule is CSc1c(Oc2cc(-c3ncc(C4(C)CCOc5ccccc54)[nH]3)c(F)cc2CN)c(F)c(F)c2[nH]ccc12. The third-order valence-corrected chi connectivity index (χ3v) is 8.18. The van der Waals surface area contributed by atoms with Gasteiger partial charge in [0, 0.05) is 46.6 Å². The molecule has 0 saturated heterocycles. The number of nitrogens with two attached hydrogens (primary N) is 1. The molecule has 5 aromatic rings. The second-order valence-corrected chi connectivity index (χ2v) is 10.4. The van der Waals surface area contributed by atoms with E-state index in [1.165, 1.54) is 30.1 Å². The Morgan fingerprint density at radius 1 is 1.15 bits per heavy atom. The van der Waals surface area contributed by atoms with E-state index >= 15 is 8.78 Å². The summed E-state index contributed by atoms with van der Waals surface area (Å²) in [6.07, 6.45) is 5.67. The highest BCUT2D eigenvalue weighted by atomic mass is 32.2. The lowest BCUT2D eigenvalue weighted by Crippen LogP contribution is -2.31. The van der Waals surface area contributed by atoms with Crippen LogP contribution in [-0.2, 0) is 12.0 Å². The molecule has 6 nitrogen and oxygen atoms in total. The molecular weight excluding hydrogens is 525 g/mol. The maximum Gasteiger partial charge on any atom is 0.204 e. The van der Waals surface area contributed by atoms with Gasteiger partial charge in [-0.1, -0.05) is 18.2 Å². The van der Waals surface area contributed by atoms with Gasteiger partial charge in [-0.2, -0.15) is 4.39 Å². The number of nitrogens with zero attached hydrogens (tertiary/aromatic N) is 1. The summed E-state index contributed by atoms with van der Waals surface area (Å²) in [4.78, 5) is 10.9. The van der Waals surface area contributed by atoms with E-state index in [0.29, 0.717) is 28.9 Å². The van der Waals surface area contributed by atoms with E-state index in [1.807, 2.05) is 24.3 Å². The number of para-hydroxylation sites is 1. The van der Waals surface area contributed by atoms with E-state index in [9.17, 15) is 4.39 Å². The molecule has 39 heavy (non-hydrogen) atoms. The molecule has 3 heterocycles. The summed E-state index contributed by atoms with van der Waals surface area (Å²) in [6.45, 7) is 2.55. The molecule has 200 valence electrons. The maximum atomic E-state index is 15.3. The number of thioether (sulfide) groups is 1. The molecule has 3 aromatic carbocycles. The van der Waals surface area contributed by atoms with Crippen molar-refractivity contribution in [2.24, 2.45) is 5.73 Å². The van der Waals surface area contributed by atoms with Gasteiger partial charge in [0.1, 0.15) is 23.1 Å². The van der Waals surface area contributed by atoms with Crippen molar-refractivity contribution >= 4 is 22.7 Å². The molecule has 2 aromatic heterocycles. The topological polar surface area (TPSA) is 88.9 Å². The molecule has 0 amide bonds. The molecular formula is C29H25F3N4O2S. The number of imidazole rings is 1. The fourth-order valence-corrected chi connectivity index (χ4v) is 5.88. The zero-order chi connectivity index (χ0) is 27.3. The summed E-state index contributed by atoms with van der Waals surface area (Å²) in [5.74, 6) is -1.87. The number of hydrogen-bond donors (Lipinski definition) is 3. The van der Waals surface area contributed by atoms with Gasteiger partial charge in [-0.3, -0.25) is 0 Å². The molecule has 0 saturated carbocycles. The number of nitrogens with one attached hydrogen (secondary N) is 2. The summed E-state index contributed by atoms with van der Waals surface area (Å²) < 4.78 is 57.1. The highest BCUT2D eigenvalue weighted by Gasteiger charge is 2.36. The van der Waals surface area contributed by atoms with Crippen LogP contribution in [0.1, 0.15) is 30.2 Å². The van der Waals surface area contributed by atoms with Crippen molar-refractivity contribution in [3.05, 3.63) is 89.1 Å². The smallest absolute Gasteiger partial charge is 0.204 e. The number of ether oxygens (including phenoxy) is 2. The van der Waals surface area contributed by atoms with E-state index in [4.69, 9.17) is 15.2 Å². The monoisotopic (exact) mass is 550 g/mol. The van der Waals surface area contributed by atoms with Crippen LogP contribution < -0.4 is 15.2 Å². The number of halogens is 3. The lowest BCUT2D eigenvalue weighted by molar-refractivity contribution is 0.241. The molecule has 0 spiro atoms. The van der Waals surface area contributed by atoms with E-state index in [2.05, 4.69) is 21.9 Å². The predicted molar refractivity (Wildman–Crippen MR) is 145 cm³/mol. The molecule has 0 aliphatic carbocycles. The van der Waals surface area contributed by atoms with Crippen molar-refractivity contribution in [3.63, 3.8) is 0 Å². The maximum absolute atomic E-state index is 15.3. The van der Waals surface area contributed by atoms with Crippen molar-refractivity contribution in [2.75, 3.05) is 12.9 Å². The third-order valence-electron chi connectivity index (χ3n) is 7.36. The minimum absolute atomic E-state index is 0.0503. The number of benzene rings is 3. The Kier molecular flexibility index (Phi) is 6.31. The third kappa shape index (κ3) is 4.06. The first-order valence-electron chi connectivity index (χ1n) is 12.4. The van der Waals surface area contributed by atoms with Crippen molar-refractivity contribution in [3.8, 4) is 28.6 Å². The standard InChI is InChI=1S/C29H25F3N4O2S/c1-29(8-10-37-20-6-4-3-5-18(20)29)22-14-35-28(36-22)17-12-21(15(13-33)11-19(17)30)38-26-24(32)23(31)25-16(7-9-34-25)27(26)39-2/h3-7,9,11-12,14,34H,8,10,13,33H2,1-2H3,(H,35,36). The van der Waals surface area contributed by atoms with Crippen molar-refractivity contribution in [2.45, 2.75) is 30.2 Å². The molecule has 10 heteroatoms. The number of rotatable bonds is 6. The molecule has 1 aliphatic rings. The van der Waals surface area contributed by atoms with Crippen LogP contribution in [0, 0.1) is 17.5 Å².